The summed E-state index contributed by atoms with van der Waals surface area (Å²) in [4.78, 5) is 0. The zero-order valence-corrected chi connectivity index (χ0v) is 32.8. The average Bonchev–Trinajstić information content (AvgIpc) is 3.77. The average molecular weight is 808 g/mol. The summed E-state index contributed by atoms with van der Waals surface area (Å²) in [6.07, 6.45) is 10.2. The van der Waals surface area contributed by atoms with Crippen molar-refractivity contribution in [1.82, 2.24) is 0 Å². The zero-order chi connectivity index (χ0) is 32.5. The third kappa shape index (κ3) is 7.65. The standard InChI is InChI=1S/C25H15Cl2.C15H14.C5H5.2ClH.Zr/c26-22-7-1-16(2-8-22)18-5-11-24-20(13-18)15-21-14-19(6-12-25(21)24)17-3-9-23(27)10-4-17;1-3-8-14(9-4-1)12-7-13-15-10-5-2-6-11-15;1-2-4-5-3-1;;;/h1-15H;1-6,8-11H,12-13H2;1-3H,4H2;2*1H;/q;;;;;+2/p-2. The molecule has 2 aliphatic carbocycles. The van der Waals surface area contributed by atoms with E-state index in [-0.39, 0.29) is 24.8 Å². The Morgan fingerprint density at radius 2 is 0.980 bits per heavy atom. The van der Waals surface area contributed by atoms with Crippen LogP contribution in [-0.4, -0.2) is 3.21 Å². The minimum absolute atomic E-state index is 0. The van der Waals surface area contributed by atoms with Crippen LogP contribution in [0.4, 0.5) is 0 Å². The topological polar surface area (TPSA) is 0 Å². The van der Waals surface area contributed by atoms with Crippen LogP contribution in [0, 0.1) is 0 Å². The van der Waals surface area contributed by atoms with Gasteiger partial charge in [0.25, 0.3) is 0 Å². The van der Waals surface area contributed by atoms with Crippen LogP contribution < -0.4 is 24.8 Å². The van der Waals surface area contributed by atoms with Gasteiger partial charge in [-0.3, -0.25) is 0 Å². The van der Waals surface area contributed by atoms with Gasteiger partial charge in [-0.15, -0.1) is 0 Å². The fraction of sp³-hybridized carbons (Fsp3) is 0.0889. The Morgan fingerprint density at radius 1 is 0.540 bits per heavy atom. The first kappa shape index (κ1) is 36.5. The third-order valence-electron chi connectivity index (χ3n) is 9.68. The molecule has 0 bridgehead atoms. The molecule has 0 amide bonds. The summed E-state index contributed by atoms with van der Waals surface area (Å²) in [5, 5.41) is 1.52. The minimum Gasteiger partial charge on any atom is -1.00 e. The molecule has 0 atom stereocenters. The molecule has 0 unspecified atom stereocenters. The largest absolute Gasteiger partial charge is 1.00 e. The molecule has 0 saturated heterocycles. The Bertz CT molecular complexity index is 2060. The number of hydrogen-bond donors (Lipinski definition) is 0. The fourth-order valence-corrected chi connectivity index (χ4v) is 16.9. The van der Waals surface area contributed by atoms with Crippen molar-refractivity contribution in [2.24, 2.45) is 0 Å². The van der Waals surface area contributed by atoms with E-state index in [2.05, 4.69) is 140 Å². The molecule has 50 heavy (non-hydrogen) atoms. The van der Waals surface area contributed by atoms with Gasteiger partial charge in [0.05, 0.1) is 0 Å². The first-order chi connectivity index (χ1) is 23.6. The molecule has 0 nitrogen and oxygen atoms in total. The van der Waals surface area contributed by atoms with E-state index in [1.54, 1.807) is 6.49 Å². The van der Waals surface area contributed by atoms with E-state index >= 15 is 0 Å². The number of allylic oxidation sites excluding steroid dienone is 4. The van der Waals surface area contributed by atoms with Crippen LogP contribution in [0.3, 0.4) is 0 Å². The summed E-state index contributed by atoms with van der Waals surface area (Å²) in [5.41, 5.74) is 13.4. The number of rotatable bonds is 8. The quantitative estimate of drug-likeness (QED) is 0.164. The van der Waals surface area contributed by atoms with Crippen LogP contribution >= 0.6 is 23.2 Å². The van der Waals surface area contributed by atoms with Crippen LogP contribution in [0.2, 0.25) is 10.0 Å². The SMILES string of the molecule is Clc1ccc(-c2ccc3c(c2)[CH]([Zr+2]([C]2=CC=CC2)=[C](Cc2ccccc2)Cc2ccccc2)c2cc(-c4ccc(Cl)cc4)ccc2-3)cc1.[Cl-].[Cl-]. The Morgan fingerprint density at radius 3 is 1.40 bits per heavy atom. The van der Waals surface area contributed by atoms with Crippen molar-refractivity contribution in [3.8, 4) is 33.4 Å². The maximum Gasteiger partial charge on any atom is -1.00 e. The maximum absolute atomic E-state index is 6.32. The van der Waals surface area contributed by atoms with Crippen molar-refractivity contribution in [3.05, 3.63) is 199 Å². The summed E-state index contributed by atoms with van der Waals surface area (Å²) >= 11 is 9.95. The molecule has 5 heteroatoms. The molecule has 0 heterocycles. The Labute approximate surface area is 325 Å². The summed E-state index contributed by atoms with van der Waals surface area (Å²) in [5.74, 6) is 0. The zero-order valence-electron chi connectivity index (χ0n) is 27.3. The van der Waals surface area contributed by atoms with E-state index < -0.39 is 21.3 Å². The van der Waals surface area contributed by atoms with Gasteiger partial charge in [-0.05, 0) is 0 Å². The number of benzene rings is 6. The van der Waals surface area contributed by atoms with Gasteiger partial charge in [0.2, 0.25) is 0 Å². The van der Waals surface area contributed by atoms with Crippen molar-refractivity contribution in [1.29, 1.82) is 0 Å². The van der Waals surface area contributed by atoms with Crippen LogP contribution in [0.5, 0.6) is 0 Å². The molecule has 6 aromatic carbocycles. The van der Waals surface area contributed by atoms with Crippen LogP contribution in [0.25, 0.3) is 33.4 Å². The second-order valence-corrected chi connectivity index (χ2v) is 20.4. The van der Waals surface area contributed by atoms with Gasteiger partial charge in [-0.1, -0.05) is 0 Å². The smallest absolute Gasteiger partial charge is 1.00 e. The molecule has 246 valence electrons. The maximum atomic E-state index is 6.32. The Kier molecular flexibility index (Phi) is 12.0. The van der Waals surface area contributed by atoms with Crippen molar-refractivity contribution in [3.63, 3.8) is 0 Å². The van der Waals surface area contributed by atoms with Gasteiger partial charge < -0.3 is 24.8 Å². The normalized spacial score (nSPS) is 12.5. The predicted molar refractivity (Wildman–Crippen MR) is 202 cm³/mol. The first-order valence-electron chi connectivity index (χ1n) is 16.6. The Hall–Kier alpha value is -3.29. The first-order valence-corrected chi connectivity index (χ1v) is 21.2. The van der Waals surface area contributed by atoms with E-state index in [0.29, 0.717) is 3.63 Å². The van der Waals surface area contributed by atoms with Crippen LogP contribution in [0.1, 0.15) is 32.3 Å². The molecule has 6 aromatic rings. The van der Waals surface area contributed by atoms with Gasteiger partial charge in [-0.2, -0.15) is 0 Å². The van der Waals surface area contributed by atoms with Gasteiger partial charge in [0, 0.05) is 0 Å². The van der Waals surface area contributed by atoms with Gasteiger partial charge >= 0.3 is 303 Å². The number of halogens is 4. The van der Waals surface area contributed by atoms with E-state index in [4.69, 9.17) is 23.2 Å². The second-order valence-electron chi connectivity index (χ2n) is 12.7. The molecular formula is C45H34Cl4Zr. The molecule has 0 saturated carbocycles. The van der Waals surface area contributed by atoms with E-state index in [1.165, 1.54) is 55.6 Å². The monoisotopic (exact) mass is 804 g/mol. The van der Waals surface area contributed by atoms with E-state index in [9.17, 15) is 0 Å². The molecule has 2 aliphatic rings. The van der Waals surface area contributed by atoms with Crippen molar-refractivity contribution < 1.29 is 46.1 Å². The molecular weight excluding hydrogens is 774 g/mol. The van der Waals surface area contributed by atoms with Gasteiger partial charge in [-0.25, -0.2) is 0 Å². The fourth-order valence-electron chi connectivity index (χ4n) is 7.42. The minimum atomic E-state index is -2.69. The molecule has 8 rings (SSSR count). The van der Waals surface area contributed by atoms with Gasteiger partial charge in [0.15, 0.2) is 0 Å². The molecule has 0 aromatic heterocycles. The molecule has 0 fully saturated rings. The number of hydrogen-bond acceptors (Lipinski definition) is 0. The summed E-state index contributed by atoms with van der Waals surface area (Å²) in [6.45, 7) is 0. The third-order valence-corrected chi connectivity index (χ3v) is 18.5. The Balaban J connectivity index is 0.00000216. The molecule has 0 radical (unpaired) electrons. The van der Waals surface area contributed by atoms with Gasteiger partial charge in [0.1, 0.15) is 0 Å². The van der Waals surface area contributed by atoms with Crippen LogP contribution in [0.15, 0.2) is 167 Å². The van der Waals surface area contributed by atoms with Crippen molar-refractivity contribution in [2.75, 3.05) is 0 Å². The summed E-state index contributed by atoms with van der Waals surface area (Å²) < 4.78 is 3.77. The van der Waals surface area contributed by atoms with Crippen molar-refractivity contribution in [2.45, 2.75) is 22.9 Å². The second kappa shape index (κ2) is 16.4. The molecule has 0 aliphatic heterocycles. The molecule has 0 spiro atoms. The number of fused-ring (bicyclic) bond motifs is 3. The van der Waals surface area contributed by atoms with Crippen molar-refractivity contribution >= 4 is 26.4 Å². The molecule has 0 N–H and O–H groups in total. The summed E-state index contributed by atoms with van der Waals surface area (Å²) in [6, 6.07) is 53.1. The predicted octanol–water partition coefficient (Wildman–Crippen LogP) is 6.53. The van der Waals surface area contributed by atoms with Crippen LogP contribution in [-0.2, 0) is 34.1 Å². The van der Waals surface area contributed by atoms with E-state index in [1.807, 2.05) is 24.3 Å². The summed E-state index contributed by atoms with van der Waals surface area (Å²) in [7, 11) is 0. The van der Waals surface area contributed by atoms with E-state index in [0.717, 1.165) is 29.3 Å².